The summed E-state index contributed by atoms with van der Waals surface area (Å²) >= 11 is 0. The monoisotopic (exact) mass is 382 g/mol. The maximum atomic E-state index is 9.58. The fourth-order valence-electron chi connectivity index (χ4n) is 4.36. The molecule has 6 heteroatoms. The van der Waals surface area contributed by atoms with Gasteiger partial charge in [-0.2, -0.15) is 0 Å². The topological polar surface area (TPSA) is 61.7 Å². The van der Waals surface area contributed by atoms with Crippen LogP contribution in [-0.4, -0.2) is 58.8 Å². The van der Waals surface area contributed by atoms with Gasteiger partial charge in [-0.15, -0.1) is 0 Å². The van der Waals surface area contributed by atoms with E-state index in [1.165, 1.54) is 11.1 Å². The van der Waals surface area contributed by atoms with Crippen LogP contribution in [0.1, 0.15) is 37.1 Å². The second-order valence-corrected chi connectivity index (χ2v) is 8.20. The van der Waals surface area contributed by atoms with E-state index in [-0.39, 0.29) is 6.61 Å². The maximum absolute atomic E-state index is 9.58. The van der Waals surface area contributed by atoms with Gasteiger partial charge in [-0.1, -0.05) is 32.0 Å². The lowest BCUT2D eigenvalue weighted by Crippen LogP contribution is -2.54. The van der Waals surface area contributed by atoms with E-state index in [2.05, 4.69) is 45.7 Å². The number of aromatic nitrogens is 2. The molecule has 2 aliphatic rings. The fourth-order valence-corrected chi connectivity index (χ4v) is 4.36. The summed E-state index contributed by atoms with van der Waals surface area (Å²) in [5, 5.41) is 9.58. The number of benzene rings is 1. The Morgan fingerprint density at radius 2 is 2.07 bits per heavy atom. The van der Waals surface area contributed by atoms with Gasteiger partial charge in [-0.3, -0.25) is 4.90 Å². The molecule has 6 nitrogen and oxygen atoms in total. The number of para-hydroxylation sites is 1. The first-order valence-corrected chi connectivity index (χ1v) is 10.3. The average Bonchev–Trinajstić information content (AvgIpc) is 2.88. The number of aliphatic hydroxyl groups is 1. The molecule has 2 aromatic rings. The Bertz CT molecular complexity index is 811. The summed E-state index contributed by atoms with van der Waals surface area (Å²) in [7, 11) is 0. The molecule has 1 fully saturated rings. The summed E-state index contributed by atoms with van der Waals surface area (Å²) in [5.74, 6) is 2.58. The number of hydrogen-bond donors (Lipinski definition) is 1. The predicted octanol–water partition coefficient (Wildman–Crippen LogP) is 2.49. The van der Waals surface area contributed by atoms with E-state index < -0.39 is 0 Å². The molecule has 0 bridgehead atoms. The predicted molar refractivity (Wildman–Crippen MR) is 110 cm³/mol. The standard InChI is InChI=1S/C22H30N4O2/c1-16(2)12-25-8-9-26(13-18(25)7-10-27)22-19-11-17-5-3-4-6-21(17)28-14-20(19)23-15-24-22/h3-6,15-16,18,27H,7-14H2,1-2H3. The van der Waals surface area contributed by atoms with Crippen molar-refractivity contribution in [3.63, 3.8) is 0 Å². The van der Waals surface area contributed by atoms with E-state index in [0.29, 0.717) is 18.6 Å². The lowest BCUT2D eigenvalue weighted by atomic mass is 10.0. The first kappa shape index (κ1) is 19.2. The average molecular weight is 383 g/mol. The molecule has 28 heavy (non-hydrogen) atoms. The molecule has 0 aliphatic carbocycles. The van der Waals surface area contributed by atoms with Crippen LogP contribution in [0.15, 0.2) is 30.6 Å². The van der Waals surface area contributed by atoms with Crippen LogP contribution in [0.4, 0.5) is 5.82 Å². The Kier molecular flexibility index (Phi) is 5.78. The number of aliphatic hydroxyl groups excluding tert-OH is 1. The third-order valence-electron chi connectivity index (χ3n) is 5.68. The first-order valence-electron chi connectivity index (χ1n) is 10.3. The molecule has 1 atom stereocenters. The van der Waals surface area contributed by atoms with E-state index in [9.17, 15) is 5.11 Å². The van der Waals surface area contributed by atoms with Crippen LogP contribution < -0.4 is 9.64 Å². The number of nitrogens with zero attached hydrogens (tertiary/aromatic N) is 4. The van der Waals surface area contributed by atoms with Crippen molar-refractivity contribution in [2.24, 2.45) is 5.92 Å². The summed E-state index contributed by atoms with van der Waals surface area (Å²) in [6.07, 6.45) is 3.25. The van der Waals surface area contributed by atoms with Gasteiger partial charge in [0.25, 0.3) is 0 Å². The molecular formula is C22H30N4O2. The molecule has 4 rings (SSSR count). The molecular weight excluding hydrogens is 352 g/mol. The van der Waals surface area contributed by atoms with Crippen molar-refractivity contribution in [3.05, 3.63) is 47.4 Å². The minimum Gasteiger partial charge on any atom is -0.487 e. The minimum absolute atomic E-state index is 0.218. The van der Waals surface area contributed by atoms with Crippen molar-refractivity contribution in [2.45, 2.75) is 39.3 Å². The van der Waals surface area contributed by atoms with Gasteiger partial charge in [0.1, 0.15) is 24.5 Å². The third kappa shape index (κ3) is 3.98. The van der Waals surface area contributed by atoms with Crippen molar-refractivity contribution in [2.75, 3.05) is 37.7 Å². The van der Waals surface area contributed by atoms with Crippen LogP contribution in [0.5, 0.6) is 5.75 Å². The number of piperazine rings is 1. The Labute approximate surface area is 167 Å². The number of rotatable bonds is 5. The molecule has 0 spiro atoms. The number of hydrogen-bond acceptors (Lipinski definition) is 6. The van der Waals surface area contributed by atoms with Gasteiger partial charge >= 0.3 is 0 Å². The fraction of sp³-hybridized carbons (Fsp3) is 0.545. The largest absolute Gasteiger partial charge is 0.487 e. The molecule has 2 aliphatic heterocycles. The van der Waals surface area contributed by atoms with E-state index in [1.807, 2.05) is 12.1 Å². The number of ether oxygens (including phenoxy) is 1. The van der Waals surface area contributed by atoms with Crippen LogP contribution in [-0.2, 0) is 13.0 Å². The quantitative estimate of drug-likeness (QED) is 0.857. The second-order valence-electron chi connectivity index (χ2n) is 8.20. The number of anilines is 1. The summed E-state index contributed by atoms with van der Waals surface area (Å²) in [6, 6.07) is 8.56. The van der Waals surface area contributed by atoms with Crippen molar-refractivity contribution in [1.82, 2.24) is 14.9 Å². The highest BCUT2D eigenvalue weighted by Crippen LogP contribution is 2.32. The van der Waals surface area contributed by atoms with E-state index >= 15 is 0 Å². The van der Waals surface area contributed by atoms with Crippen molar-refractivity contribution < 1.29 is 9.84 Å². The zero-order chi connectivity index (χ0) is 19.5. The Balaban J connectivity index is 1.61. The van der Waals surface area contributed by atoms with Crippen LogP contribution >= 0.6 is 0 Å². The van der Waals surface area contributed by atoms with Gasteiger partial charge in [0, 0.05) is 50.8 Å². The van der Waals surface area contributed by atoms with Gasteiger partial charge in [-0.25, -0.2) is 9.97 Å². The summed E-state index contributed by atoms with van der Waals surface area (Å²) in [5.41, 5.74) is 3.33. The zero-order valence-corrected chi connectivity index (χ0v) is 16.8. The molecule has 1 saturated heterocycles. The van der Waals surface area contributed by atoms with Crippen molar-refractivity contribution in [1.29, 1.82) is 0 Å². The highest BCUT2D eigenvalue weighted by Gasteiger charge is 2.30. The molecule has 3 heterocycles. The smallest absolute Gasteiger partial charge is 0.136 e. The van der Waals surface area contributed by atoms with E-state index in [1.54, 1.807) is 6.33 Å². The zero-order valence-electron chi connectivity index (χ0n) is 16.8. The SMILES string of the molecule is CC(C)CN1CCN(c2ncnc3c2Cc2ccccc2OC3)CC1CCO. The summed E-state index contributed by atoms with van der Waals surface area (Å²) in [6.45, 7) is 9.11. The molecule has 1 unspecified atom stereocenters. The summed E-state index contributed by atoms with van der Waals surface area (Å²) in [4.78, 5) is 14.1. The highest BCUT2D eigenvalue weighted by atomic mass is 16.5. The van der Waals surface area contributed by atoms with E-state index in [0.717, 1.165) is 56.3 Å². The molecule has 1 aromatic heterocycles. The molecule has 150 valence electrons. The molecule has 0 saturated carbocycles. The number of fused-ring (bicyclic) bond motifs is 2. The third-order valence-corrected chi connectivity index (χ3v) is 5.68. The van der Waals surface area contributed by atoms with E-state index in [4.69, 9.17) is 4.74 Å². The van der Waals surface area contributed by atoms with Crippen LogP contribution in [0.2, 0.25) is 0 Å². The lowest BCUT2D eigenvalue weighted by Gasteiger charge is -2.43. The molecule has 1 aromatic carbocycles. The van der Waals surface area contributed by atoms with Gasteiger partial charge < -0.3 is 14.7 Å². The maximum Gasteiger partial charge on any atom is 0.136 e. The highest BCUT2D eigenvalue weighted by molar-refractivity contribution is 5.53. The Morgan fingerprint density at radius 3 is 2.89 bits per heavy atom. The van der Waals surface area contributed by atoms with Crippen LogP contribution in [0, 0.1) is 5.92 Å². The van der Waals surface area contributed by atoms with Gasteiger partial charge in [-0.05, 0) is 24.0 Å². The van der Waals surface area contributed by atoms with Crippen LogP contribution in [0.3, 0.4) is 0 Å². The molecule has 0 amide bonds. The minimum atomic E-state index is 0.218. The summed E-state index contributed by atoms with van der Waals surface area (Å²) < 4.78 is 5.99. The Hall–Kier alpha value is -2.18. The normalized spacial score (nSPS) is 19.7. The van der Waals surface area contributed by atoms with Crippen molar-refractivity contribution in [3.8, 4) is 5.75 Å². The Morgan fingerprint density at radius 1 is 1.21 bits per heavy atom. The van der Waals surface area contributed by atoms with Crippen LogP contribution in [0.25, 0.3) is 0 Å². The second kappa shape index (κ2) is 8.45. The van der Waals surface area contributed by atoms with Gasteiger partial charge in [0.2, 0.25) is 0 Å². The van der Waals surface area contributed by atoms with Gasteiger partial charge in [0.15, 0.2) is 0 Å². The first-order chi connectivity index (χ1) is 13.7. The lowest BCUT2D eigenvalue weighted by molar-refractivity contribution is 0.128. The van der Waals surface area contributed by atoms with Gasteiger partial charge in [0.05, 0.1) is 5.69 Å². The molecule has 0 radical (unpaired) electrons. The van der Waals surface area contributed by atoms with Crippen molar-refractivity contribution >= 4 is 5.82 Å². The molecule has 1 N–H and O–H groups in total.